The van der Waals surface area contributed by atoms with Crippen LogP contribution < -0.4 is 10.6 Å². The lowest BCUT2D eigenvalue weighted by molar-refractivity contribution is 0.145. The van der Waals surface area contributed by atoms with E-state index in [4.69, 9.17) is 12.2 Å². The Labute approximate surface area is 166 Å². The molecular formula is C22H38N2OS. The minimum Gasteiger partial charge on any atom is -0.386 e. The van der Waals surface area contributed by atoms with Crippen molar-refractivity contribution in [2.24, 2.45) is 0 Å². The molecule has 0 bridgehead atoms. The molecule has 0 saturated carbocycles. The molecule has 2 atom stereocenters. The van der Waals surface area contributed by atoms with E-state index in [1.54, 1.807) is 0 Å². The van der Waals surface area contributed by atoms with Crippen molar-refractivity contribution in [2.75, 3.05) is 6.54 Å². The number of aliphatic hydroxyl groups is 1. The Morgan fingerprint density at radius 1 is 0.923 bits per heavy atom. The van der Waals surface area contributed by atoms with Crippen LogP contribution in [-0.2, 0) is 0 Å². The molecule has 4 heteroatoms. The Morgan fingerprint density at radius 3 is 2.04 bits per heavy atom. The minimum absolute atomic E-state index is 0.120. The van der Waals surface area contributed by atoms with E-state index in [0.717, 1.165) is 18.5 Å². The summed E-state index contributed by atoms with van der Waals surface area (Å²) in [5.74, 6) is 0. The first-order valence-corrected chi connectivity index (χ1v) is 10.8. The SMILES string of the molecule is CCCCCCCCCCCCNC(=S)NC(C)[C@H](O)c1ccccc1. The third kappa shape index (κ3) is 10.8. The molecule has 0 heterocycles. The van der Waals surface area contributed by atoms with Crippen LogP contribution in [0.15, 0.2) is 30.3 Å². The number of aliphatic hydroxyl groups excluding tert-OH is 1. The van der Waals surface area contributed by atoms with Crippen LogP contribution in [0.5, 0.6) is 0 Å². The molecule has 0 spiro atoms. The summed E-state index contributed by atoms with van der Waals surface area (Å²) in [5, 5.41) is 17.4. The molecule has 0 aliphatic rings. The number of hydrogen-bond donors (Lipinski definition) is 3. The van der Waals surface area contributed by atoms with E-state index in [0.29, 0.717) is 5.11 Å². The van der Waals surface area contributed by atoms with Gasteiger partial charge in [-0.2, -0.15) is 0 Å². The van der Waals surface area contributed by atoms with Crippen LogP contribution in [0.2, 0.25) is 0 Å². The standard InChI is InChI=1S/C22H38N2OS/c1-3-4-5-6-7-8-9-10-11-15-18-23-22(26)24-19(2)21(25)20-16-13-12-14-17-20/h12-14,16-17,19,21,25H,3-11,15,18H2,1-2H3,(H2,23,24,26)/t19?,21-/m0/s1. The van der Waals surface area contributed by atoms with Crippen molar-refractivity contribution < 1.29 is 5.11 Å². The van der Waals surface area contributed by atoms with Crippen molar-refractivity contribution in [1.29, 1.82) is 0 Å². The summed E-state index contributed by atoms with van der Waals surface area (Å²) in [6, 6.07) is 9.57. The zero-order valence-electron chi connectivity index (χ0n) is 16.7. The molecule has 1 unspecified atom stereocenters. The molecule has 0 radical (unpaired) electrons. The van der Waals surface area contributed by atoms with Crippen LogP contribution in [0.25, 0.3) is 0 Å². The van der Waals surface area contributed by atoms with Crippen molar-refractivity contribution >= 4 is 17.3 Å². The van der Waals surface area contributed by atoms with Crippen molar-refractivity contribution in [3.63, 3.8) is 0 Å². The lowest BCUT2D eigenvalue weighted by Crippen LogP contribution is -2.43. The zero-order chi connectivity index (χ0) is 19.0. The average molecular weight is 379 g/mol. The van der Waals surface area contributed by atoms with Crippen LogP contribution >= 0.6 is 12.2 Å². The summed E-state index contributed by atoms with van der Waals surface area (Å²) < 4.78 is 0. The van der Waals surface area contributed by atoms with Crippen molar-refractivity contribution in [1.82, 2.24) is 10.6 Å². The number of hydrogen-bond acceptors (Lipinski definition) is 2. The predicted octanol–water partition coefficient (Wildman–Crippen LogP) is 5.49. The van der Waals surface area contributed by atoms with Gasteiger partial charge in [-0.15, -0.1) is 0 Å². The van der Waals surface area contributed by atoms with Crippen molar-refractivity contribution in [3.05, 3.63) is 35.9 Å². The maximum atomic E-state index is 10.3. The van der Waals surface area contributed by atoms with Crippen molar-refractivity contribution in [3.8, 4) is 0 Å². The van der Waals surface area contributed by atoms with Crippen LogP contribution in [0.1, 0.15) is 89.7 Å². The zero-order valence-corrected chi connectivity index (χ0v) is 17.5. The third-order valence-corrected chi connectivity index (χ3v) is 5.05. The molecule has 1 rings (SSSR count). The van der Waals surface area contributed by atoms with E-state index in [1.807, 2.05) is 37.3 Å². The fourth-order valence-electron chi connectivity index (χ4n) is 3.09. The van der Waals surface area contributed by atoms with Gasteiger partial charge >= 0.3 is 0 Å². The Bertz CT molecular complexity index is 466. The number of rotatable bonds is 14. The predicted molar refractivity (Wildman–Crippen MR) is 116 cm³/mol. The highest BCUT2D eigenvalue weighted by molar-refractivity contribution is 7.80. The quantitative estimate of drug-likeness (QED) is 0.296. The maximum absolute atomic E-state index is 10.3. The summed E-state index contributed by atoms with van der Waals surface area (Å²) in [6.07, 6.45) is 12.8. The Kier molecular flexibility index (Phi) is 13.2. The molecule has 1 aromatic carbocycles. The van der Waals surface area contributed by atoms with E-state index in [-0.39, 0.29) is 6.04 Å². The normalized spacial score (nSPS) is 13.2. The van der Waals surface area contributed by atoms with Crippen LogP contribution in [0.3, 0.4) is 0 Å². The van der Waals surface area contributed by atoms with E-state index < -0.39 is 6.10 Å². The number of benzene rings is 1. The Morgan fingerprint density at radius 2 is 1.46 bits per heavy atom. The van der Waals surface area contributed by atoms with Gasteiger partial charge in [0.15, 0.2) is 5.11 Å². The van der Waals surface area contributed by atoms with Gasteiger partial charge in [0.05, 0.1) is 12.1 Å². The highest BCUT2D eigenvalue weighted by atomic mass is 32.1. The first-order valence-electron chi connectivity index (χ1n) is 10.4. The molecular weight excluding hydrogens is 340 g/mol. The second-order valence-corrected chi connectivity index (χ2v) is 7.63. The molecule has 0 amide bonds. The summed E-state index contributed by atoms with van der Waals surface area (Å²) in [6.45, 7) is 5.12. The van der Waals surface area contributed by atoms with E-state index in [9.17, 15) is 5.11 Å². The van der Waals surface area contributed by atoms with Gasteiger partial charge in [-0.25, -0.2) is 0 Å². The fraction of sp³-hybridized carbons (Fsp3) is 0.682. The largest absolute Gasteiger partial charge is 0.386 e. The molecule has 3 N–H and O–H groups in total. The highest BCUT2D eigenvalue weighted by Crippen LogP contribution is 2.15. The molecule has 0 saturated heterocycles. The Balaban J connectivity index is 2.00. The van der Waals surface area contributed by atoms with E-state index in [2.05, 4.69) is 17.6 Å². The highest BCUT2D eigenvalue weighted by Gasteiger charge is 2.16. The van der Waals surface area contributed by atoms with Gasteiger partial charge in [-0.05, 0) is 31.1 Å². The summed E-state index contributed by atoms with van der Waals surface area (Å²) >= 11 is 5.34. The second kappa shape index (κ2) is 15.0. The van der Waals surface area contributed by atoms with Gasteiger partial charge in [0.25, 0.3) is 0 Å². The summed E-state index contributed by atoms with van der Waals surface area (Å²) in [5.41, 5.74) is 0.907. The lowest BCUT2D eigenvalue weighted by atomic mass is 10.0. The van der Waals surface area contributed by atoms with Gasteiger partial charge < -0.3 is 15.7 Å². The molecule has 0 aliphatic carbocycles. The lowest BCUT2D eigenvalue weighted by Gasteiger charge is -2.22. The number of thiocarbonyl (C=S) groups is 1. The maximum Gasteiger partial charge on any atom is 0.166 e. The number of unbranched alkanes of at least 4 members (excludes halogenated alkanes) is 9. The molecule has 0 fully saturated rings. The molecule has 1 aromatic rings. The molecule has 148 valence electrons. The Hall–Kier alpha value is -1.13. The topological polar surface area (TPSA) is 44.3 Å². The van der Waals surface area contributed by atoms with Crippen LogP contribution in [0, 0.1) is 0 Å². The molecule has 0 aromatic heterocycles. The van der Waals surface area contributed by atoms with E-state index >= 15 is 0 Å². The third-order valence-electron chi connectivity index (χ3n) is 4.79. The summed E-state index contributed by atoms with van der Waals surface area (Å²) in [7, 11) is 0. The first-order chi connectivity index (χ1) is 12.6. The second-order valence-electron chi connectivity index (χ2n) is 7.23. The van der Waals surface area contributed by atoms with Gasteiger partial charge in [0, 0.05) is 6.54 Å². The van der Waals surface area contributed by atoms with Gasteiger partial charge in [-0.1, -0.05) is 95.0 Å². The van der Waals surface area contributed by atoms with Gasteiger partial charge in [0.1, 0.15) is 0 Å². The number of nitrogens with one attached hydrogen (secondary N) is 2. The molecule has 3 nitrogen and oxygen atoms in total. The summed E-state index contributed by atoms with van der Waals surface area (Å²) in [4.78, 5) is 0. The molecule has 0 aliphatic heterocycles. The van der Waals surface area contributed by atoms with E-state index in [1.165, 1.54) is 57.8 Å². The first kappa shape index (κ1) is 22.9. The van der Waals surface area contributed by atoms with Gasteiger partial charge in [-0.3, -0.25) is 0 Å². The van der Waals surface area contributed by atoms with Crippen molar-refractivity contribution in [2.45, 2.75) is 90.2 Å². The average Bonchev–Trinajstić information content (AvgIpc) is 2.66. The monoisotopic (exact) mass is 378 g/mol. The smallest absolute Gasteiger partial charge is 0.166 e. The van der Waals surface area contributed by atoms with Crippen LogP contribution in [0.4, 0.5) is 0 Å². The minimum atomic E-state index is -0.562. The molecule has 26 heavy (non-hydrogen) atoms. The fourth-order valence-corrected chi connectivity index (χ4v) is 3.38. The van der Waals surface area contributed by atoms with Crippen LogP contribution in [-0.4, -0.2) is 22.8 Å². The van der Waals surface area contributed by atoms with Gasteiger partial charge in [0.2, 0.25) is 0 Å².